The summed E-state index contributed by atoms with van der Waals surface area (Å²) in [7, 11) is -3.44. The van der Waals surface area contributed by atoms with Crippen molar-refractivity contribution in [2.45, 2.75) is 44.3 Å². The van der Waals surface area contributed by atoms with Crippen molar-refractivity contribution in [3.63, 3.8) is 0 Å². The molecule has 0 spiro atoms. The summed E-state index contributed by atoms with van der Waals surface area (Å²) in [6.45, 7) is 10.7. The highest BCUT2D eigenvalue weighted by Gasteiger charge is 2.29. The molecule has 1 aliphatic heterocycles. The first kappa shape index (κ1) is 20.3. The van der Waals surface area contributed by atoms with Gasteiger partial charge in [0.25, 0.3) is 0 Å². The molecule has 0 aliphatic carbocycles. The van der Waals surface area contributed by atoms with Gasteiger partial charge in [-0.2, -0.15) is 4.31 Å². The molecule has 0 bridgehead atoms. The number of benzene rings is 1. The second-order valence-electron chi connectivity index (χ2n) is 7.59. The van der Waals surface area contributed by atoms with Crippen molar-refractivity contribution in [3.05, 3.63) is 29.8 Å². The molecule has 0 radical (unpaired) electrons. The first-order valence-electron chi connectivity index (χ1n) is 8.69. The predicted molar refractivity (Wildman–Crippen MR) is 98.1 cm³/mol. The van der Waals surface area contributed by atoms with Crippen LogP contribution in [0.15, 0.2) is 29.2 Å². The summed E-state index contributed by atoms with van der Waals surface area (Å²) in [6.07, 6.45) is -0.570. The topological polar surface area (TPSA) is 70.1 Å². The fraction of sp³-hybridized carbons (Fsp3) is 0.667. The number of nitrogens with zero attached hydrogens (tertiary/aromatic N) is 2. The van der Waals surface area contributed by atoms with Gasteiger partial charge >= 0.3 is 0 Å². The van der Waals surface area contributed by atoms with Crippen LogP contribution in [0.2, 0.25) is 0 Å². The Morgan fingerprint density at radius 1 is 1.12 bits per heavy atom. The van der Waals surface area contributed by atoms with E-state index in [2.05, 4.69) is 4.90 Å². The van der Waals surface area contributed by atoms with Gasteiger partial charge in [-0.25, -0.2) is 8.42 Å². The van der Waals surface area contributed by atoms with E-state index in [0.29, 0.717) is 37.6 Å². The molecule has 1 aromatic carbocycles. The molecule has 1 N–H and O–H groups in total. The second kappa shape index (κ2) is 8.14. The standard InChI is InChI=1S/C18H30N2O4S/c1-15-5-7-17(8-6-15)25(22,23)20-11-9-19(10-12-20)13-16(21)14-24-18(2,3)4/h5-8,16,21H,9-14H2,1-4H3/t16-/m0/s1. The van der Waals surface area contributed by atoms with E-state index in [0.717, 1.165) is 5.56 Å². The van der Waals surface area contributed by atoms with Gasteiger partial charge in [0.05, 0.1) is 23.2 Å². The van der Waals surface area contributed by atoms with Crippen LogP contribution in [0.1, 0.15) is 26.3 Å². The van der Waals surface area contributed by atoms with Crippen LogP contribution in [0.3, 0.4) is 0 Å². The zero-order chi connectivity index (χ0) is 18.7. The van der Waals surface area contributed by atoms with Crippen molar-refractivity contribution in [2.75, 3.05) is 39.3 Å². The minimum atomic E-state index is -3.44. The SMILES string of the molecule is Cc1ccc(S(=O)(=O)N2CCN(C[C@H](O)COC(C)(C)C)CC2)cc1. The maximum atomic E-state index is 12.7. The average Bonchev–Trinajstić information content (AvgIpc) is 2.53. The lowest BCUT2D eigenvalue weighted by Gasteiger charge is -2.35. The van der Waals surface area contributed by atoms with E-state index in [1.54, 1.807) is 12.1 Å². The van der Waals surface area contributed by atoms with Crippen LogP contribution in [0.4, 0.5) is 0 Å². The van der Waals surface area contributed by atoms with Crippen LogP contribution in [-0.2, 0) is 14.8 Å². The largest absolute Gasteiger partial charge is 0.389 e. The van der Waals surface area contributed by atoms with E-state index < -0.39 is 16.1 Å². The molecule has 1 atom stereocenters. The number of β-amino-alcohol motifs (C(OH)–C–C–N with tert-alkyl or cyclic N) is 1. The number of sulfonamides is 1. The van der Waals surface area contributed by atoms with Gasteiger partial charge in [0.15, 0.2) is 0 Å². The number of aliphatic hydroxyl groups is 1. The van der Waals surface area contributed by atoms with E-state index in [9.17, 15) is 13.5 Å². The molecular weight excluding hydrogens is 340 g/mol. The van der Waals surface area contributed by atoms with Crippen LogP contribution >= 0.6 is 0 Å². The Bertz CT molecular complexity index is 645. The Labute approximate surface area is 151 Å². The molecule has 6 nitrogen and oxygen atoms in total. The average molecular weight is 371 g/mol. The summed E-state index contributed by atoms with van der Waals surface area (Å²) in [6, 6.07) is 6.94. The summed E-state index contributed by atoms with van der Waals surface area (Å²) in [5, 5.41) is 10.1. The lowest BCUT2D eigenvalue weighted by Crippen LogP contribution is -2.50. The first-order valence-corrected chi connectivity index (χ1v) is 10.1. The molecule has 0 saturated carbocycles. The smallest absolute Gasteiger partial charge is 0.243 e. The predicted octanol–water partition coefficient (Wildman–Crippen LogP) is 1.48. The fourth-order valence-electron chi connectivity index (χ4n) is 2.71. The van der Waals surface area contributed by atoms with Gasteiger partial charge in [-0.15, -0.1) is 0 Å². The zero-order valence-corrected chi connectivity index (χ0v) is 16.4. The quantitative estimate of drug-likeness (QED) is 0.821. The summed E-state index contributed by atoms with van der Waals surface area (Å²) < 4.78 is 32.5. The summed E-state index contributed by atoms with van der Waals surface area (Å²) in [5.74, 6) is 0. The molecule has 1 aromatic rings. The Balaban J connectivity index is 1.85. The Kier molecular flexibility index (Phi) is 6.62. The number of ether oxygens (including phenoxy) is 1. The fourth-order valence-corrected chi connectivity index (χ4v) is 4.13. The van der Waals surface area contributed by atoms with Crippen LogP contribution in [-0.4, -0.2) is 73.8 Å². The summed E-state index contributed by atoms with van der Waals surface area (Å²) in [4.78, 5) is 2.42. The second-order valence-corrected chi connectivity index (χ2v) is 9.53. The molecule has 142 valence electrons. The van der Waals surface area contributed by atoms with Gasteiger partial charge < -0.3 is 9.84 Å². The molecular formula is C18H30N2O4S. The highest BCUT2D eigenvalue weighted by Crippen LogP contribution is 2.18. The van der Waals surface area contributed by atoms with Crippen molar-refractivity contribution in [1.29, 1.82) is 0 Å². The number of hydrogen-bond donors (Lipinski definition) is 1. The lowest BCUT2D eigenvalue weighted by atomic mass is 10.2. The van der Waals surface area contributed by atoms with Crippen molar-refractivity contribution >= 4 is 10.0 Å². The first-order chi connectivity index (χ1) is 11.6. The number of aryl methyl sites for hydroxylation is 1. The monoisotopic (exact) mass is 370 g/mol. The number of piperazine rings is 1. The molecule has 0 aromatic heterocycles. The minimum Gasteiger partial charge on any atom is -0.389 e. The van der Waals surface area contributed by atoms with Gasteiger partial charge in [0.1, 0.15) is 0 Å². The van der Waals surface area contributed by atoms with E-state index in [4.69, 9.17) is 4.74 Å². The number of rotatable bonds is 6. The van der Waals surface area contributed by atoms with Crippen molar-refractivity contribution in [1.82, 2.24) is 9.21 Å². The van der Waals surface area contributed by atoms with E-state index in [-0.39, 0.29) is 12.2 Å². The zero-order valence-electron chi connectivity index (χ0n) is 15.6. The van der Waals surface area contributed by atoms with Gasteiger partial charge in [0, 0.05) is 32.7 Å². The molecule has 0 unspecified atom stereocenters. The normalized spacial score (nSPS) is 19.1. The molecule has 2 rings (SSSR count). The van der Waals surface area contributed by atoms with Crippen LogP contribution in [0, 0.1) is 6.92 Å². The van der Waals surface area contributed by atoms with Crippen molar-refractivity contribution in [3.8, 4) is 0 Å². The lowest BCUT2D eigenvalue weighted by molar-refractivity contribution is -0.0575. The molecule has 1 heterocycles. The molecule has 7 heteroatoms. The van der Waals surface area contributed by atoms with E-state index in [1.807, 2.05) is 39.8 Å². The highest BCUT2D eigenvalue weighted by atomic mass is 32.2. The molecule has 1 saturated heterocycles. The van der Waals surface area contributed by atoms with Crippen molar-refractivity contribution in [2.24, 2.45) is 0 Å². The maximum Gasteiger partial charge on any atom is 0.243 e. The van der Waals surface area contributed by atoms with E-state index in [1.165, 1.54) is 4.31 Å². The minimum absolute atomic E-state index is 0.276. The third kappa shape index (κ3) is 6.04. The third-order valence-corrected chi connectivity index (χ3v) is 6.08. The summed E-state index contributed by atoms with van der Waals surface area (Å²) in [5.41, 5.74) is 0.761. The highest BCUT2D eigenvalue weighted by molar-refractivity contribution is 7.89. The van der Waals surface area contributed by atoms with E-state index >= 15 is 0 Å². The molecule has 1 fully saturated rings. The molecule has 1 aliphatic rings. The summed E-state index contributed by atoms with van der Waals surface area (Å²) >= 11 is 0. The molecule has 0 amide bonds. The molecule has 25 heavy (non-hydrogen) atoms. The van der Waals surface area contributed by atoms with Gasteiger partial charge in [-0.3, -0.25) is 4.90 Å². The van der Waals surface area contributed by atoms with Crippen LogP contribution < -0.4 is 0 Å². The number of hydrogen-bond acceptors (Lipinski definition) is 5. The third-order valence-electron chi connectivity index (χ3n) is 4.17. The van der Waals surface area contributed by atoms with Crippen LogP contribution in [0.25, 0.3) is 0 Å². The van der Waals surface area contributed by atoms with Gasteiger partial charge in [0.2, 0.25) is 10.0 Å². The van der Waals surface area contributed by atoms with Crippen molar-refractivity contribution < 1.29 is 18.3 Å². The number of aliphatic hydroxyl groups excluding tert-OH is 1. The Morgan fingerprint density at radius 2 is 1.68 bits per heavy atom. The maximum absolute atomic E-state index is 12.7. The van der Waals surface area contributed by atoms with Crippen LogP contribution in [0.5, 0.6) is 0 Å². The Morgan fingerprint density at radius 3 is 2.20 bits per heavy atom. The van der Waals surface area contributed by atoms with Gasteiger partial charge in [-0.1, -0.05) is 17.7 Å². The van der Waals surface area contributed by atoms with Gasteiger partial charge in [-0.05, 0) is 39.8 Å². The Hall–Kier alpha value is -0.990.